The minimum atomic E-state index is -2.91. The van der Waals surface area contributed by atoms with Crippen LogP contribution in [0.1, 0.15) is 20.3 Å². The second-order valence-corrected chi connectivity index (χ2v) is 1.23. The van der Waals surface area contributed by atoms with Gasteiger partial charge in [0.05, 0.1) is 0 Å². The molecule has 0 spiro atoms. The molecule has 0 aromatic carbocycles. The lowest BCUT2D eigenvalue weighted by atomic mass is 10.6. The highest BCUT2D eigenvalue weighted by Crippen LogP contribution is 2.08. The summed E-state index contributed by atoms with van der Waals surface area (Å²) >= 11 is 0. The molecule has 0 N–H and O–H groups in total. The van der Waals surface area contributed by atoms with Crippen molar-refractivity contribution in [2.45, 2.75) is 20.3 Å². The molecule has 0 atom stereocenters. The van der Waals surface area contributed by atoms with Crippen molar-refractivity contribution in [2.24, 2.45) is 0 Å². The predicted octanol–water partition coefficient (Wildman–Crippen LogP) is 3.41. The topological polar surface area (TPSA) is 0 Å². The first-order chi connectivity index (χ1) is 4.06. The maximum atomic E-state index is 10.3. The van der Waals surface area contributed by atoms with Gasteiger partial charge in [-0.15, -0.1) is 0 Å². The van der Waals surface area contributed by atoms with Crippen LogP contribution in [-0.4, -0.2) is 0 Å². The SMILES string of the molecule is CCC.FC(F)=C(F)F. The van der Waals surface area contributed by atoms with Gasteiger partial charge in [-0.05, 0) is 0 Å². The third-order valence-corrected chi connectivity index (χ3v) is 0.143. The molecular formula is C5H8F4. The van der Waals surface area contributed by atoms with Gasteiger partial charge >= 0.3 is 12.2 Å². The van der Waals surface area contributed by atoms with E-state index < -0.39 is 12.2 Å². The largest absolute Gasteiger partial charge is 0.334 e. The van der Waals surface area contributed by atoms with E-state index in [4.69, 9.17) is 0 Å². The van der Waals surface area contributed by atoms with E-state index in [1.54, 1.807) is 0 Å². The van der Waals surface area contributed by atoms with Gasteiger partial charge in [0.15, 0.2) is 0 Å². The van der Waals surface area contributed by atoms with Crippen LogP contribution in [0.15, 0.2) is 12.2 Å². The van der Waals surface area contributed by atoms with Crippen LogP contribution in [0.5, 0.6) is 0 Å². The normalized spacial score (nSPS) is 7.33. The van der Waals surface area contributed by atoms with E-state index in [0.29, 0.717) is 0 Å². The first-order valence-corrected chi connectivity index (χ1v) is 2.42. The maximum Gasteiger partial charge on any atom is 0.334 e. The molecule has 0 heterocycles. The molecule has 0 unspecified atom stereocenters. The molecule has 0 aliphatic heterocycles. The highest BCUT2D eigenvalue weighted by molar-refractivity contribution is 4.77. The standard InChI is InChI=1S/C3H8.C2F4/c1-3-2;3-1(4)2(5)6/h3H2,1-2H3;. The Balaban J connectivity index is 0. The number of rotatable bonds is 0. The molecule has 0 rings (SSSR count). The van der Waals surface area contributed by atoms with Gasteiger partial charge in [0.25, 0.3) is 0 Å². The smallest absolute Gasteiger partial charge is 0.167 e. The van der Waals surface area contributed by atoms with Crippen molar-refractivity contribution in [2.75, 3.05) is 0 Å². The summed E-state index contributed by atoms with van der Waals surface area (Å²) in [7, 11) is 0. The van der Waals surface area contributed by atoms with Gasteiger partial charge in [0, 0.05) is 0 Å². The van der Waals surface area contributed by atoms with Crippen LogP contribution in [0.3, 0.4) is 0 Å². The molecule has 0 saturated heterocycles. The minimum absolute atomic E-state index is 1.25. The fraction of sp³-hybridized carbons (Fsp3) is 0.600. The van der Waals surface area contributed by atoms with Crippen molar-refractivity contribution in [1.29, 1.82) is 0 Å². The van der Waals surface area contributed by atoms with Crippen LogP contribution >= 0.6 is 0 Å². The van der Waals surface area contributed by atoms with Gasteiger partial charge in [-0.1, -0.05) is 20.3 Å². The zero-order valence-corrected chi connectivity index (χ0v) is 5.22. The predicted molar refractivity (Wildman–Crippen MR) is 27.4 cm³/mol. The van der Waals surface area contributed by atoms with Crippen molar-refractivity contribution in [1.82, 2.24) is 0 Å². The zero-order chi connectivity index (χ0) is 7.86. The van der Waals surface area contributed by atoms with Gasteiger partial charge in [0.2, 0.25) is 0 Å². The Labute approximate surface area is 51.2 Å². The molecule has 0 saturated carbocycles. The molecule has 0 aliphatic carbocycles. The Morgan fingerprint density at radius 3 is 1.00 bits per heavy atom. The number of halogens is 4. The molecule has 9 heavy (non-hydrogen) atoms. The van der Waals surface area contributed by atoms with Gasteiger partial charge in [-0.25, -0.2) is 0 Å². The molecular weight excluding hydrogens is 136 g/mol. The van der Waals surface area contributed by atoms with Crippen LogP contribution in [0.2, 0.25) is 0 Å². The van der Waals surface area contributed by atoms with Crippen molar-refractivity contribution >= 4 is 0 Å². The van der Waals surface area contributed by atoms with Crippen molar-refractivity contribution in [3.8, 4) is 0 Å². The fourth-order valence-corrected chi connectivity index (χ4v) is 0. The lowest BCUT2D eigenvalue weighted by molar-refractivity contribution is 0.308. The van der Waals surface area contributed by atoms with Crippen LogP contribution in [-0.2, 0) is 0 Å². The van der Waals surface area contributed by atoms with E-state index in [2.05, 4.69) is 13.8 Å². The summed E-state index contributed by atoms with van der Waals surface area (Å²) in [5, 5.41) is 0. The average molecular weight is 144 g/mol. The number of hydrogen-bond donors (Lipinski definition) is 0. The third kappa shape index (κ3) is 18.6. The monoisotopic (exact) mass is 144 g/mol. The van der Waals surface area contributed by atoms with Gasteiger partial charge in [-0.2, -0.15) is 17.6 Å². The Morgan fingerprint density at radius 2 is 1.00 bits per heavy atom. The molecule has 0 nitrogen and oxygen atoms in total. The minimum Gasteiger partial charge on any atom is -0.167 e. The lowest BCUT2D eigenvalue weighted by Crippen LogP contribution is -1.56. The second-order valence-electron chi connectivity index (χ2n) is 1.23. The molecule has 0 radical (unpaired) electrons. The molecule has 0 aromatic rings. The maximum absolute atomic E-state index is 10.3. The quantitative estimate of drug-likeness (QED) is 0.457. The Hall–Kier alpha value is -0.540. The molecule has 0 fully saturated rings. The summed E-state index contributed by atoms with van der Waals surface area (Å²) in [5.74, 6) is 0. The zero-order valence-electron chi connectivity index (χ0n) is 5.22. The molecule has 4 heteroatoms. The van der Waals surface area contributed by atoms with Crippen molar-refractivity contribution < 1.29 is 17.6 Å². The van der Waals surface area contributed by atoms with Crippen LogP contribution in [0, 0.1) is 0 Å². The summed E-state index contributed by atoms with van der Waals surface area (Å²) in [5.41, 5.74) is 0. The lowest BCUT2D eigenvalue weighted by Gasteiger charge is -1.69. The van der Waals surface area contributed by atoms with Gasteiger partial charge in [-0.3, -0.25) is 0 Å². The molecule has 56 valence electrons. The van der Waals surface area contributed by atoms with Crippen LogP contribution in [0.25, 0.3) is 0 Å². The summed E-state index contributed by atoms with van der Waals surface area (Å²) in [6, 6.07) is 0. The van der Waals surface area contributed by atoms with E-state index in [1.807, 2.05) is 0 Å². The van der Waals surface area contributed by atoms with Crippen LogP contribution < -0.4 is 0 Å². The van der Waals surface area contributed by atoms with Gasteiger partial charge in [0.1, 0.15) is 0 Å². The Morgan fingerprint density at radius 1 is 0.889 bits per heavy atom. The summed E-state index contributed by atoms with van der Waals surface area (Å²) in [6.45, 7) is 4.25. The summed E-state index contributed by atoms with van der Waals surface area (Å²) in [4.78, 5) is 0. The van der Waals surface area contributed by atoms with Crippen molar-refractivity contribution in [3.63, 3.8) is 0 Å². The number of hydrogen-bond acceptors (Lipinski definition) is 0. The van der Waals surface area contributed by atoms with E-state index in [1.165, 1.54) is 6.42 Å². The average Bonchev–Trinajstić information content (AvgIpc) is 1.68. The second kappa shape index (κ2) is 7.46. The molecule has 0 aliphatic rings. The third-order valence-electron chi connectivity index (χ3n) is 0.143. The van der Waals surface area contributed by atoms with E-state index in [0.717, 1.165) is 0 Å². The Kier molecular flexibility index (Phi) is 9.35. The summed E-state index contributed by atoms with van der Waals surface area (Å²) in [6.07, 6.45) is -4.56. The highest BCUT2D eigenvalue weighted by Gasteiger charge is 1.98. The molecule has 0 aromatic heterocycles. The fourth-order valence-electron chi connectivity index (χ4n) is 0. The molecule has 0 amide bonds. The first-order valence-electron chi connectivity index (χ1n) is 2.42. The molecule has 0 bridgehead atoms. The van der Waals surface area contributed by atoms with Gasteiger partial charge < -0.3 is 0 Å². The van der Waals surface area contributed by atoms with E-state index in [9.17, 15) is 17.6 Å². The van der Waals surface area contributed by atoms with E-state index in [-0.39, 0.29) is 0 Å². The Bertz CT molecular complexity index is 69.0. The summed E-state index contributed by atoms with van der Waals surface area (Å²) < 4.78 is 41.1. The van der Waals surface area contributed by atoms with Crippen LogP contribution in [0.4, 0.5) is 17.6 Å². The highest BCUT2D eigenvalue weighted by atomic mass is 19.3. The first kappa shape index (κ1) is 11.3. The van der Waals surface area contributed by atoms with E-state index >= 15 is 0 Å². The van der Waals surface area contributed by atoms with Crippen molar-refractivity contribution in [3.05, 3.63) is 12.2 Å².